The molecule has 3 nitrogen and oxygen atoms in total. The number of benzene rings is 1. The molecule has 1 fully saturated rings. The molecule has 0 aromatic heterocycles. The summed E-state index contributed by atoms with van der Waals surface area (Å²) in [5.41, 5.74) is 1.03. The second-order valence-corrected chi connectivity index (χ2v) is 4.53. The molecular formula is C14H20FNO2. The summed E-state index contributed by atoms with van der Waals surface area (Å²) in [7, 11) is 1.48. The molecule has 1 aliphatic rings. The number of rotatable bonds is 5. The summed E-state index contributed by atoms with van der Waals surface area (Å²) in [5.74, 6) is 0.0355. The lowest BCUT2D eigenvalue weighted by molar-refractivity contribution is 0.0374. The van der Waals surface area contributed by atoms with Crippen molar-refractivity contribution < 1.29 is 13.9 Å². The SMILES string of the molecule is COc1ccc(CCCN2CCOCC2)cc1F. The average molecular weight is 253 g/mol. The van der Waals surface area contributed by atoms with Crippen molar-refractivity contribution in [1.82, 2.24) is 4.90 Å². The van der Waals surface area contributed by atoms with Gasteiger partial charge in [-0.1, -0.05) is 6.07 Å². The fraction of sp³-hybridized carbons (Fsp3) is 0.571. The Balaban J connectivity index is 1.77. The largest absolute Gasteiger partial charge is 0.494 e. The molecule has 0 atom stereocenters. The third-order valence-corrected chi connectivity index (χ3v) is 3.26. The number of aryl methyl sites for hydroxylation is 1. The molecule has 1 aromatic rings. The van der Waals surface area contributed by atoms with E-state index in [1.807, 2.05) is 6.07 Å². The van der Waals surface area contributed by atoms with Gasteiger partial charge >= 0.3 is 0 Å². The number of halogens is 1. The van der Waals surface area contributed by atoms with Crippen LogP contribution in [0.2, 0.25) is 0 Å². The highest BCUT2D eigenvalue weighted by molar-refractivity contribution is 5.29. The molecular weight excluding hydrogens is 233 g/mol. The highest BCUT2D eigenvalue weighted by Crippen LogP contribution is 2.18. The van der Waals surface area contributed by atoms with E-state index in [2.05, 4.69) is 4.90 Å². The summed E-state index contributed by atoms with van der Waals surface area (Å²) in [5, 5.41) is 0. The van der Waals surface area contributed by atoms with Crippen LogP contribution in [0.1, 0.15) is 12.0 Å². The smallest absolute Gasteiger partial charge is 0.165 e. The Morgan fingerprint density at radius 3 is 2.78 bits per heavy atom. The van der Waals surface area contributed by atoms with Crippen molar-refractivity contribution >= 4 is 0 Å². The molecule has 0 unspecified atom stereocenters. The molecule has 0 radical (unpaired) electrons. The van der Waals surface area contributed by atoms with Crippen LogP contribution in [0.4, 0.5) is 4.39 Å². The quantitative estimate of drug-likeness (QED) is 0.802. The number of nitrogens with zero attached hydrogens (tertiary/aromatic N) is 1. The first-order valence-corrected chi connectivity index (χ1v) is 6.42. The van der Waals surface area contributed by atoms with Gasteiger partial charge in [0.1, 0.15) is 0 Å². The van der Waals surface area contributed by atoms with Gasteiger partial charge in [0, 0.05) is 13.1 Å². The highest BCUT2D eigenvalue weighted by atomic mass is 19.1. The second-order valence-electron chi connectivity index (χ2n) is 4.53. The maximum atomic E-state index is 13.5. The standard InChI is InChI=1S/C14H20FNO2/c1-17-14-5-4-12(11-13(14)15)3-2-6-16-7-9-18-10-8-16/h4-5,11H,2-3,6-10H2,1H3. The molecule has 0 spiro atoms. The minimum Gasteiger partial charge on any atom is -0.494 e. The first kappa shape index (κ1) is 13.3. The molecule has 100 valence electrons. The van der Waals surface area contributed by atoms with Crippen molar-refractivity contribution in [3.63, 3.8) is 0 Å². The van der Waals surface area contributed by atoms with E-state index in [9.17, 15) is 4.39 Å². The normalized spacial score (nSPS) is 16.8. The summed E-state index contributed by atoms with van der Waals surface area (Å²) >= 11 is 0. The molecule has 2 rings (SSSR count). The molecule has 1 aliphatic heterocycles. The molecule has 0 N–H and O–H groups in total. The third kappa shape index (κ3) is 3.68. The van der Waals surface area contributed by atoms with E-state index < -0.39 is 0 Å². The van der Waals surface area contributed by atoms with Crippen LogP contribution < -0.4 is 4.74 Å². The fourth-order valence-electron chi connectivity index (χ4n) is 2.20. The highest BCUT2D eigenvalue weighted by Gasteiger charge is 2.09. The van der Waals surface area contributed by atoms with E-state index in [1.54, 1.807) is 12.1 Å². The van der Waals surface area contributed by atoms with E-state index in [-0.39, 0.29) is 5.82 Å². The van der Waals surface area contributed by atoms with Gasteiger partial charge in [-0.05, 0) is 37.1 Å². The first-order chi connectivity index (χ1) is 8.79. The fourth-order valence-corrected chi connectivity index (χ4v) is 2.20. The summed E-state index contributed by atoms with van der Waals surface area (Å²) in [4.78, 5) is 2.39. The summed E-state index contributed by atoms with van der Waals surface area (Å²) in [6, 6.07) is 5.19. The monoisotopic (exact) mass is 253 g/mol. The van der Waals surface area contributed by atoms with Crippen molar-refractivity contribution in [2.24, 2.45) is 0 Å². The maximum absolute atomic E-state index is 13.5. The Morgan fingerprint density at radius 2 is 2.11 bits per heavy atom. The molecule has 0 amide bonds. The molecule has 18 heavy (non-hydrogen) atoms. The van der Waals surface area contributed by atoms with Crippen molar-refractivity contribution in [3.8, 4) is 5.75 Å². The van der Waals surface area contributed by atoms with Crippen LogP contribution >= 0.6 is 0 Å². The molecule has 0 saturated carbocycles. The molecule has 0 aliphatic carbocycles. The van der Waals surface area contributed by atoms with Gasteiger partial charge in [0.05, 0.1) is 20.3 Å². The minimum atomic E-state index is -0.277. The Hall–Kier alpha value is -1.13. The molecule has 4 heteroatoms. The lowest BCUT2D eigenvalue weighted by Gasteiger charge is -2.26. The molecule has 0 bridgehead atoms. The predicted molar refractivity (Wildman–Crippen MR) is 68.5 cm³/mol. The topological polar surface area (TPSA) is 21.7 Å². The lowest BCUT2D eigenvalue weighted by atomic mass is 10.1. The number of hydrogen-bond acceptors (Lipinski definition) is 3. The number of hydrogen-bond donors (Lipinski definition) is 0. The average Bonchev–Trinajstić information content (AvgIpc) is 2.40. The first-order valence-electron chi connectivity index (χ1n) is 6.42. The number of methoxy groups -OCH3 is 1. The van der Waals surface area contributed by atoms with Crippen LogP contribution in [0.3, 0.4) is 0 Å². The zero-order valence-electron chi connectivity index (χ0n) is 10.8. The third-order valence-electron chi connectivity index (χ3n) is 3.26. The van der Waals surface area contributed by atoms with Gasteiger partial charge in [0.25, 0.3) is 0 Å². The van der Waals surface area contributed by atoms with Crippen LogP contribution in [-0.4, -0.2) is 44.9 Å². The summed E-state index contributed by atoms with van der Waals surface area (Å²) < 4.78 is 23.7. The van der Waals surface area contributed by atoms with E-state index >= 15 is 0 Å². The zero-order valence-corrected chi connectivity index (χ0v) is 10.8. The van der Waals surface area contributed by atoms with Crippen molar-refractivity contribution in [2.75, 3.05) is 40.0 Å². The van der Waals surface area contributed by atoms with Gasteiger partial charge in [-0.15, -0.1) is 0 Å². The van der Waals surface area contributed by atoms with E-state index in [0.717, 1.165) is 51.3 Å². The van der Waals surface area contributed by atoms with Gasteiger partial charge in [0.2, 0.25) is 0 Å². The van der Waals surface area contributed by atoms with Crippen molar-refractivity contribution in [2.45, 2.75) is 12.8 Å². The van der Waals surface area contributed by atoms with E-state index in [1.165, 1.54) is 7.11 Å². The summed E-state index contributed by atoms with van der Waals surface area (Å²) in [6.45, 7) is 4.74. The lowest BCUT2D eigenvalue weighted by Crippen LogP contribution is -2.36. The number of ether oxygens (including phenoxy) is 2. The Bertz CT molecular complexity index is 378. The van der Waals surface area contributed by atoms with Gasteiger partial charge < -0.3 is 9.47 Å². The van der Waals surface area contributed by atoms with Crippen molar-refractivity contribution in [1.29, 1.82) is 0 Å². The Morgan fingerprint density at radius 1 is 1.33 bits per heavy atom. The van der Waals surface area contributed by atoms with Crippen molar-refractivity contribution in [3.05, 3.63) is 29.6 Å². The Kier molecular flexibility index (Phi) is 4.96. The zero-order chi connectivity index (χ0) is 12.8. The van der Waals surface area contributed by atoms with Crippen LogP contribution in [0.5, 0.6) is 5.75 Å². The van der Waals surface area contributed by atoms with Gasteiger partial charge in [-0.2, -0.15) is 0 Å². The van der Waals surface area contributed by atoms with Crippen LogP contribution in [0.25, 0.3) is 0 Å². The predicted octanol–water partition coefficient (Wildman–Crippen LogP) is 2.10. The number of morpholine rings is 1. The van der Waals surface area contributed by atoms with Gasteiger partial charge in [0.15, 0.2) is 11.6 Å². The molecule has 1 saturated heterocycles. The van der Waals surface area contributed by atoms with Gasteiger partial charge in [-0.25, -0.2) is 4.39 Å². The molecule has 1 heterocycles. The van der Waals surface area contributed by atoms with E-state index in [0.29, 0.717) is 5.75 Å². The second kappa shape index (κ2) is 6.71. The summed E-state index contributed by atoms with van der Waals surface area (Å²) in [6.07, 6.45) is 1.95. The van der Waals surface area contributed by atoms with E-state index in [4.69, 9.17) is 9.47 Å². The van der Waals surface area contributed by atoms with Crippen LogP contribution in [-0.2, 0) is 11.2 Å². The Labute approximate surface area is 107 Å². The van der Waals surface area contributed by atoms with Crippen LogP contribution in [0.15, 0.2) is 18.2 Å². The van der Waals surface area contributed by atoms with Crippen LogP contribution in [0, 0.1) is 5.82 Å². The molecule has 1 aromatic carbocycles. The maximum Gasteiger partial charge on any atom is 0.165 e. The minimum absolute atomic E-state index is 0.277. The van der Waals surface area contributed by atoms with Gasteiger partial charge in [-0.3, -0.25) is 4.90 Å².